The molecule has 140 valence electrons. The Balaban J connectivity index is 1.95. The van der Waals surface area contributed by atoms with Crippen molar-refractivity contribution in [2.45, 2.75) is 20.0 Å². The first-order valence-corrected chi connectivity index (χ1v) is 8.25. The average Bonchev–Trinajstić information content (AvgIpc) is 2.65. The summed E-state index contributed by atoms with van der Waals surface area (Å²) in [4.78, 5) is 4.08. The van der Waals surface area contributed by atoms with Crippen LogP contribution < -0.4 is 20.1 Å². The summed E-state index contributed by atoms with van der Waals surface area (Å²) in [5, 5.41) is 6.08. The van der Waals surface area contributed by atoms with Crippen LogP contribution in [-0.2, 0) is 13.1 Å². The third-order valence-corrected chi connectivity index (χ3v) is 3.67. The molecule has 0 aliphatic heterocycles. The van der Waals surface area contributed by atoms with Crippen molar-refractivity contribution in [2.75, 3.05) is 20.8 Å². The Morgan fingerprint density at radius 1 is 1.04 bits per heavy atom. The number of nitrogens with zero attached hydrogens (tertiary/aromatic N) is 1. The molecule has 0 unspecified atom stereocenters. The van der Waals surface area contributed by atoms with Crippen molar-refractivity contribution in [3.63, 3.8) is 0 Å². The van der Waals surface area contributed by atoms with Crippen LogP contribution in [0.25, 0.3) is 0 Å². The maximum Gasteiger partial charge on any atom is 0.191 e. The monoisotopic (exact) mass is 363 g/mol. The lowest BCUT2D eigenvalue weighted by atomic mass is 10.2. The molecule has 0 atom stereocenters. The molecule has 7 heteroatoms. The zero-order valence-electron chi connectivity index (χ0n) is 15.1. The molecule has 0 aromatic heterocycles. The number of aliphatic imine (C=N–C) groups is 1. The van der Waals surface area contributed by atoms with E-state index in [0.29, 0.717) is 30.6 Å². The standard InChI is InChI=1S/C19H23F2N3O2/c1-4-26-17-8-5-13(9-18(17)25-3)11-23-19(22-2)24-12-14-10-15(20)6-7-16(14)21/h5-10H,4,11-12H2,1-3H3,(H2,22,23,24). The molecule has 0 saturated carbocycles. The highest BCUT2D eigenvalue weighted by Gasteiger charge is 2.07. The van der Waals surface area contributed by atoms with Gasteiger partial charge in [-0.1, -0.05) is 6.07 Å². The Morgan fingerprint density at radius 2 is 1.81 bits per heavy atom. The number of hydrogen-bond acceptors (Lipinski definition) is 3. The van der Waals surface area contributed by atoms with Crippen molar-refractivity contribution in [3.05, 3.63) is 59.2 Å². The number of methoxy groups -OCH3 is 1. The Morgan fingerprint density at radius 3 is 2.50 bits per heavy atom. The van der Waals surface area contributed by atoms with Gasteiger partial charge in [0.2, 0.25) is 0 Å². The maximum absolute atomic E-state index is 13.7. The first-order valence-electron chi connectivity index (χ1n) is 8.25. The predicted molar refractivity (Wildman–Crippen MR) is 97.6 cm³/mol. The second-order valence-corrected chi connectivity index (χ2v) is 5.43. The SMILES string of the molecule is CCOc1ccc(CNC(=NC)NCc2cc(F)ccc2F)cc1OC. The summed E-state index contributed by atoms with van der Waals surface area (Å²) in [6, 6.07) is 8.99. The summed E-state index contributed by atoms with van der Waals surface area (Å²) < 4.78 is 37.7. The van der Waals surface area contributed by atoms with E-state index < -0.39 is 11.6 Å². The van der Waals surface area contributed by atoms with Gasteiger partial charge in [-0.3, -0.25) is 4.99 Å². The van der Waals surface area contributed by atoms with E-state index in [0.717, 1.165) is 23.8 Å². The second kappa shape index (κ2) is 9.60. The highest BCUT2D eigenvalue weighted by Crippen LogP contribution is 2.27. The molecule has 0 aliphatic rings. The highest BCUT2D eigenvalue weighted by molar-refractivity contribution is 5.79. The van der Waals surface area contributed by atoms with Crippen LogP contribution in [0.4, 0.5) is 8.78 Å². The minimum atomic E-state index is -0.479. The van der Waals surface area contributed by atoms with Crippen molar-refractivity contribution < 1.29 is 18.3 Å². The Kier molecular flexibility index (Phi) is 7.20. The van der Waals surface area contributed by atoms with E-state index in [1.807, 2.05) is 25.1 Å². The topological polar surface area (TPSA) is 54.9 Å². The van der Waals surface area contributed by atoms with Gasteiger partial charge in [0.1, 0.15) is 11.6 Å². The smallest absolute Gasteiger partial charge is 0.191 e. The van der Waals surface area contributed by atoms with Crippen molar-refractivity contribution in [2.24, 2.45) is 4.99 Å². The maximum atomic E-state index is 13.7. The summed E-state index contributed by atoms with van der Waals surface area (Å²) in [6.07, 6.45) is 0. The van der Waals surface area contributed by atoms with Crippen LogP contribution >= 0.6 is 0 Å². The fourth-order valence-corrected chi connectivity index (χ4v) is 2.36. The average molecular weight is 363 g/mol. The summed E-state index contributed by atoms with van der Waals surface area (Å²) >= 11 is 0. The molecule has 0 bridgehead atoms. The summed E-state index contributed by atoms with van der Waals surface area (Å²) in [6.45, 7) is 3.07. The molecule has 26 heavy (non-hydrogen) atoms. The van der Waals surface area contributed by atoms with Crippen LogP contribution in [-0.4, -0.2) is 26.7 Å². The van der Waals surface area contributed by atoms with Gasteiger partial charge in [0.15, 0.2) is 17.5 Å². The lowest BCUT2D eigenvalue weighted by molar-refractivity contribution is 0.310. The zero-order chi connectivity index (χ0) is 18.9. The third kappa shape index (κ3) is 5.34. The second-order valence-electron chi connectivity index (χ2n) is 5.43. The van der Waals surface area contributed by atoms with Crippen molar-refractivity contribution in [1.82, 2.24) is 10.6 Å². The molecule has 0 saturated heterocycles. The molecule has 5 nitrogen and oxygen atoms in total. The molecule has 0 fully saturated rings. The van der Waals surface area contributed by atoms with Crippen LogP contribution in [0.3, 0.4) is 0 Å². The fourth-order valence-electron chi connectivity index (χ4n) is 2.36. The Bertz CT molecular complexity index is 766. The van der Waals surface area contributed by atoms with Gasteiger partial charge in [-0.25, -0.2) is 8.78 Å². The van der Waals surface area contributed by atoms with E-state index in [1.165, 1.54) is 0 Å². The van der Waals surface area contributed by atoms with Crippen molar-refractivity contribution >= 4 is 5.96 Å². The number of halogens is 2. The third-order valence-electron chi connectivity index (χ3n) is 3.67. The number of benzene rings is 2. The first kappa shape index (κ1) is 19.5. The molecule has 2 aromatic carbocycles. The van der Waals surface area contributed by atoms with E-state index in [2.05, 4.69) is 15.6 Å². The lowest BCUT2D eigenvalue weighted by Crippen LogP contribution is -2.36. The molecule has 0 heterocycles. The van der Waals surface area contributed by atoms with Gasteiger partial charge >= 0.3 is 0 Å². The van der Waals surface area contributed by atoms with Crippen molar-refractivity contribution in [3.8, 4) is 11.5 Å². The van der Waals surface area contributed by atoms with Crippen LogP contribution in [0.5, 0.6) is 11.5 Å². The van der Waals surface area contributed by atoms with Gasteiger partial charge in [0.05, 0.1) is 13.7 Å². The van der Waals surface area contributed by atoms with Gasteiger partial charge in [0, 0.05) is 25.7 Å². The van der Waals surface area contributed by atoms with E-state index in [1.54, 1.807) is 14.2 Å². The lowest BCUT2D eigenvalue weighted by Gasteiger charge is -2.14. The molecular weight excluding hydrogens is 340 g/mol. The molecule has 2 aromatic rings. The van der Waals surface area contributed by atoms with E-state index in [-0.39, 0.29) is 12.1 Å². The molecule has 2 N–H and O–H groups in total. The minimum absolute atomic E-state index is 0.121. The Hall–Kier alpha value is -2.83. The quantitative estimate of drug-likeness (QED) is 0.586. The Labute approximate surface area is 152 Å². The van der Waals surface area contributed by atoms with E-state index in [9.17, 15) is 8.78 Å². The molecule has 0 amide bonds. The summed E-state index contributed by atoms with van der Waals surface area (Å²) in [7, 11) is 3.19. The predicted octanol–water partition coefficient (Wildman–Crippen LogP) is 3.24. The first-order chi connectivity index (χ1) is 12.6. The number of hydrogen-bond donors (Lipinski definition) is 2. The van der Waals surface area contributed by atoms with Gasteiger partial charge in [-0.15, -0.1) is 0 Å². The number of nitrogens with one attached hydrogen (secondary N) is 2. The van der Waals surface area contributed by atoms with E-state index in [4.69, 9.17) is 9.47 Å². The molecular formula is C19H23F2N3O2. The van der Waals surface area contributed by atoms with Gasteiger partial charge in [-0.2, -0.15) is 0 Å². The highest BCUT2D eigenvalue weighted by atomic mass is 19.1. The normalized spacial score (nSPS) is 11.2. The van der Waals surface area contributed by atoms with Gasteiger partial charge in [0.25, 0.3) is 0 Å². The fraction of sp³-hybridized carbons (Fsp3) is 0.316. The molecule has 0 aliphatic carbocycles. The summed E-state index contributed by atoms with van der Waals surface area (Å²) in [5.74, 6) is 0.860. The van der Waals surface area contributed by atoms with Gasteiger partial charge in [-0.05, 0) is 42.8 Å². The number of rotatable bonds is 7. The van der Waals surface area contributed by atoms with Crippen LogP contribution in [0.1, 0.15) is 18.1 Å². The molecule has 0 radical (unpaired) electrons. The number of guanidine groups is 1. The van der Waals surface area contributed by atoms with E-state index >= 15 is 0 Å². The van der Waals surface area contributed by atoms with Crippen LogP contribution in [0.2, 0.25) is 0 Å². The molecule has 2 rings (SSSR count). The summed E-state index contributed by atoms with van der Waals surface area (Å²) in [5.41, 5.74) is 1.20. The van der Waals surface area contributed by atoms with Gasteiger partial charge < -0.3 is 20.1 Å². The van der Waals surface area contributed by atoms with Crippen molar-refractivity contribution in [1.29, 1.82) is 0 Å². The molecule has 0 spiro atoms. The minimum Gasteiger partial charge on any atom is -0.493 e. The van der Waals surface area contributed by atoms with Crippen LogP contribution in [0, 0.1) is 11.6 Å². The number of ether oxygens (including phenoxy) is 2. The zero-order valence-corrected chi connectivity index (χ0v) is 15.1. The van der Waals surface area contributed by atoms with Crippen LogP contribution in [0.15, 0.2) is 41.4 Å². The largest absolute Gasteiger partial charge is 0.493 e.